The van der Waals surface area contributed by atoms with Crippen LogP contribution >= 0.6 is 0 Å². The molecular weight excluding hydrogens is 304 g/mol. The molecular formula is C15H20N2O4S. The summed E-state index contributed by atoms with van der Waals surface area (Å²) in [7, 11) is -3.01. The first-order valence-electron chi connectivity index (χ1n) is 6.99. The SMILES string of the molecule is C=C(C)COc1cccc(NC(=O)NC2CCS(=O)(=O)C2)c1. The molecule has 1 unspecified atom stereocenters. The Morgan fingerprint density at radius 2 is 2.23 bits per heavy atom. The zero-order chi connectivity index (χ0) is 16.2. The Bertz CT molecular complexity index is 670. The molecule has 0 bridgehead atoms. The van der Waals surface area contributed by atoms with E-state index in [1.807, 2.05) is 6.92 Å². The number of benzene rings is 1. The predicted octanol–water partition coefficient (Wildman–Crippen LogP) is 1.95. The van der Waals surface area contributed by atoms with E-state index in [9.17, 15) is 13.2 Å². The van der Waals surface area contributed by atoms with E-state index in [4.69, 9.17) is 4.74 Å². The van der Waals surface area contributed by atoms with Gasteiger partial charge >= 0.3 is 6.03 Å². The highest BCUT2D eigenvalue weighted by Crippen LogP contribution is 2.18. The van der Waals surface area contributed by atoms with Gasteiger partial charge in [0.25, 0.3) is 0 Å². The lowest BCUT2D eigenvalue weighted by Crippen LogP contribution is -2.38. The summed E-state index contributed by atoms with van der Waals surface area (Å²) >= 11 is 0. The number of carbonyl (C=O) groups excluding carboxylic acids is 1. The van der Waals surface area contributed by atoms with Crippen molar-refractivity contribution >= 4 is 21.6 Å². The summed E-state index contributed by atoms with van der Waals surface area (Å²) in [6.45, 7) is 6.03. The molecule has 0 aliphatic carbocycles. The van der Waals surface area contributed by atoms with Crippen molar-refractivity contribution in [2.45, 2.75) is 19.4 Å². The van der Waals surface area contributed by atoms with Crippen molar-refractivity contribution < 1.29 is 17.9 Å². The van der Waals surface area contributed by atoms with Crippen LogP contribution < -0.4 is 15.4 Å². The number of amides is 2. The minimum Gasteiger partial charge on any atom is -0.489 e. The lowest BCUT2D eigenvalue weighted by molar-refractivity contribution is 0.249. The molecule has 1 aromatic carbocycles. The summed E-state index contributed by atoms with van der Waals surface area (Å²) in [6, 6.07) is 6.25. The van der Waals surface area contributed by atoms with E-state index >= 15 is 0 Å². The van der Waals surface area contributed by atoms with Gasteiger partial charge in [-0.2, -0.15) is 0 Å². The molecule has 0 aromatic heterocycles. The summed E-state index contributed by atoms with van der Waals surface area (Å²) in [5, 5.41) is 5.35. The predicted molar refractivity (Wildman–Crippen MR) is 86.0 cm³/mol. The Hall–Kier alpha value is -2.02. The number of rotatable bonds is 5. The molecule has 2 amide bonds. The Labute approximate surface area is 130 Å². The van der Waals surface area contributed by atoms with Gasteiger partial charge < -0.3 is 15.4 Å². The van der Waals surface area contributed by atoms with Crippen molar-refractivity contribution in [1.29, 1.82) is 0 Å². The van der Waals surface area contributed by atoms with Crippen LogP contribution in [0.4, 0.5) is 10.5 Å². The van der Waals surface area contributed by atoms with E-state index in [1.165, 1.54) is 0 Å². The summed E-state index contributed by atoms with van der Waals surface area (Å²) in [6.07, 6.45) is 0.456. The first-order valence-corrected chi connectivity index (χ1v) is 8.81. The quantitative estimate of drug-likeness (QED) is 0.811. The number of nitrogens with one attached hydrogen (secondary N) is 2. The Morgan fingerprint density at radius 1 is 1.45 bits per heavy atom. The van der Waals surface area contributed by atoms with Crippen molar-refractivity contribution in [2.24, 2.45) is 0 Å². The number of ether oxygens (including phenoxy) is 1. The van der Waals surface area contributed by atoms with Gasteiger partial charge in [-0.05, 0) is 31.1 Å². The molecule has 2 rings (SSSR count). The largest absolute Gasteiger partial charge is 0.489 e. The molecule has 1 heterocycles. The van der Waals surface area contributed by atoms with Crippen molar-refractivity contribution in [2.75, 3.05) is 23.4 Å². The van der Waals surface area contributed by atoms with Crippen molar-refractivity contribution in [3.63, 3.8) is 0 Å². The van der Waals surface area contributed by atoms with Gasteiger partial charge in [-0.15, -0.1) is 0 Å². The van der Waals surface area contributed by atoms with Crippen LogP contribution in [0.2, 0.25) is 0 Å². The number of urea groups is 1. The third-order valence-electron chi connectivity index (χ3n) is 3.14. The molecule has 1 aliphatic rings. The van der Waals surface area contributed by atoms with Crippen LogP contribution in [0.25, 0.3) is 0 Å². The summed E-state index contributed by atoms with van der Waals surface area (Å²) in [5.74, 6) is 0.758. The van der Waals surface area contributed by atoms with Crippen LogP contribution in [0.3, 0.4) is 0 Å². The monoisotopic (exact) mass is 324 g/mol. The molecule has 1 fully saturated rings. The normalized spacial score (nSPS) is 19.4. The standard InChI is InChI=1S/C15H20N2O4S/c1-11(2)9-21-14-5-3-4-12(8-14)16-15(18)17-13-6-7-22(19,20)10-13/h3-5,8,13H,1,6-7,9-10H2,2H3,(H2,16,17,18). The molecule has 120 valence electrons. The Kier molecular flexibility index (Phi) is 5.07. The lowest BCUT2D eigenvalue weighted by atomic mass is 10.2. The van der Waals surface area contributed by atoms with E-state index in [0.717, 1.165) is 5.57 Å². The van der Waals surface area contributed by atoms with Crippen LogP contribution in [0.15, 0.2) is 36.4 Å². The average Bonchev–Trinajstić information content (AvgIpc) is 2.75. The van der Waals surface area contributed by atoms with E-state index in [-0.39, 0.29) is 17.5 Å². The van der Waals surface area contributed by atoms with Crippen LogP contribution in [0.1, 0.15) is 13.3 Å². The van der Waals surface area contributed by atoms with Gasteiger partial charge in [0, 0.05) is 17.8 Å². The number of sulfone groups is 1. The van der Waals surface area contributed by atoms with Gasteiger partial charge in [0.15, 0.2) is 9.84 Å². The number of hydrogen-bond donors (Lipinski definition) is 2. The summed E-state index contributed by atoms with van der Waals surface area (Å²) in [4.78, 5) is 11.9. The van der Waals surface area contributed by atoms with Crippen LogP contribution in [0, 0.1) is 0 Å². The number of carbonyl (C=O) groups is 1. The maximum absolute atomic E-state index is 11.9. The molecule has 1 saturated heterocycles. The fraction of sp³-hybridized carbons (Fsp3) is 0.400. The highest BCUT2D eigenvalue weighted by molar-refractivity contribution is 7.91. The second-order valence-corrected chi connectivity index (χ2v) is 7.70. The summed E-state index contributed by atoms with van der Waals surface area (Å²) < 4.78 is 28.2. The molecule has 0 radical (unpaired) electrons. The van der Waals surface area contributed by atoms with Gasteiger partial charge in [-0.3, -0.25) is 0 Å². The van der Waals surface area contributed by atoms with Crippen molar-refractivity contribution in [3.8, 4) is 5.75 Å². The molecule has 1 aliphatic heterocycles. The van der Waals surface area contributed by atoms with Crippen molar-refractivity contribution in [1.82, 2.24) is 5.32 Å². The fourth-order valence-corrected chi connectivity index (χ4v) is 3.80. The van der Waals surface area contributed by atoms with E-state index in [1.54, 1.807) is 24.3 Å². The van der Waals surface area contributed by atoms with Crippen molar-refractivity contribution in [3.05, 3.63) is 36.4 Å². The van der Waals surface area contributed by atoms with Gasteiger partial charge in [0.2, 0.25) is 0 Å². The first-order chi connectivity index (χ1) is 10.3. The molecule has 0 spiro atoms. The zero-order valence-corrected chi connectivity index (χ0v) is 13.3. The highest BCUT2D eigenvalue weighted by atomic mass is 32.2. The fourth-order valence-electron chi connectivity index (χ4n) is 2.13. The van der Waals surface area contributed by atoms with Gasteiger partial charge in [-0.25, -0.2) is 13.2 Å². The van der Waals surface area contributed by atoms with Crippen LogP contribution in [-0.4, -0.2) is 38.6 Å². The van der Waals surface area contributed by atoms with Gasteiger partial charge in [0.1, 0.15) is 12.4 Å². The highest BCUT2D eigenvalue weighted by Gasteiger charge is 2.28. The molecule has 1 atom stereocenters. The minimum absolute atomic E-state index is 0.00217. The summed E-state index contributed by atoms with van der Waals surface area (Å²) in [5.41, 5.74) is 1.48. The average molecular weight is 324 g/mol. The third-order valence-corrected chi connectivity index (χ3v) is 4.91. The Balaban J connectivity index is 1.88. The van der Waals surface area contributed by atoms with Crippen LogP contribution in [0.5, 0.6) is 5.75 Å². The van der Waals surface area contributed by atoms with Crippen LogP contribution in [-0.2, 0) is 9.84 Å². The van der Waals surface area contributed by atoms with Gasteiger partial charge in [0.05, 0.1) is 11.5 Å². The smallest absolute Gasteiger partial charge is 0.319 e. The van der Waals surface area contributed by atoms with E-state index < -0.39 is 15.9 Å². The molecule has 1 aromatic rings. The lowest BCUT2D eigenvalue weighted by Gasteiger charge is -2.13. The molecule has 22 heavy (non-hydrogen) atoms. The van der Waals surface area contributed by atoms with E-state index in [2.05, 4.69) is 17.2 Å². The second-order valence-electron chi connectivity index (χ2n) is 5.47. The third kappa shape index (κ3) is 5.07. The number of hydrogen-bond acceptors (Lipinski definition) is 4. The molecule has 6 nitrogen and oxygen atoms in total. The topological polar surface area (TPSA) is 84.5 Å². The second kappa shape index (κ2) is 6.83. The molecule has 0 saturated carbocycles. The number of anilines is 1. The molecule has 2 N–H and O–H groups in total. The minimum atomic E-state index is -3.01. The van der Waals surface area contributed by atoms with Gasteiger partial charge in [-0.1, -0.05) is 12.6 Å². The Morgan fingerprint density at radius 3 is 2.86 bits per heavy atom. The first kappa shape index (κ1) is 16.4. The zero-order valence-electron chi connectivity index (χ0n) is 12.5. The maximum atomic E-state index is 11.9. The van der Waals surface area contributed by atoms with E-state index in [0.29, 0.717) is 24.5 Å². The maximum Gasteiger partial charge on any atom is 0.319 e. The molecule has 7 heteroatoms.